The summed E-state index contributed by atoms with van der Waals surface area (Å²) in [6.07, 6.45) is 27.9. The molecule has 2 N–H and O–H groups in total. The van der Waals surface area contributed by atoms with E-state index in [9.17, 15) is 9.59 Å². The molecule has 0 atom stereocenters. The monoisotopic (exact) mass is 466 g/mol. The smallest absolute Gasteiger partial charge is 0.219 e. The van der Waals surface area contributed by atoms with Gasteiger partial charge in [0.05, 0.1) is 0 Å². The molecule has 0 spiro atoms. The number of hydrogen-bond donors (Lipinski definition) is 2. The Morgan fingerprint density at radius 2 is 0.667 bits per heavy atom. The second-order valence-electron chi connectivity index (χ2n) is 9.92. The van der Waals surface area contributed by atoms with Gasteiger partial charge < -0.3 is 10.6 Å². The van der Waals surface area contributed by atoms with E-state index < -0.39 is 0 Å². The Labute approximate surface area is 206 Å². The van der Waals surface area contributed by atoms with Crippen LogP contribution < -0.4 is 10.6 Å². The molecular weight excluding hydrogens is 408 g/mol. The normalized spacial score (nSPS) is 11.0. The minimum absolute atomic E-state index is 0.170. The fraction of sp³-hybridized carbons (Fsp3) is 0.931. The second-order valence-corrected chi connectivity index (χ2v) is 9.92. The molecule has 0 aromatic heterocycles. The number of carbonyl (C=O) groups excluding carboxylic acids is 2. The van der Waals surface area contributed by atoms with Crippen molar-refractivity contribution in [2.45, 2.75) is 162 Å². The average Bonchev–Trinajstić information content (AvgIpc) is 2.81. The second kappa shape index (κ2) is 27.2. The molecule has 0 aliphatic heterocycles. The first-order valence-corrected chi connectivity index (χ1v) is 14.7. The van der Waals surface area contributed by atoms with Crippen LogP contribution in [-0.2, 0) is 9.59 Å². The fourth-order valence-corrected chi connectivity index (χ4v) is 4.25. The summed E-state index contributed by atoms with van der Waals surface area (Å²) in [5.74, 6) is 0.363. The van der Waals surface area contributed by atoms with Crippen LogP contribution in [0.2, 0.25) is 0 Å². The molecule has 0 aromatic rings. The summed E-state index contributed by atoms with van der Waals surface area (Å²) in [4.78, 5) is 23.6. The zero-order valence-corrected chi connectivity index (χ0v) is 22.5. The van der Waals surface area contributed by atoms with Gasteiger partial charge in [-0.3, -0.25) is 9.59 Å². The molecule has 0 aromatic carbocycles. The van der Waals surface area contributed by atoms with Gasteiger partial charge in [-0.15, -0.1) is 0 Å². The fourth-order valence-electron chi connectivity index (χ4n) is 4.25. The minimum Gasteiger partial charge on any atom is -0.356 e. The summed E-state index contributed by atoms with van der Waals surface area (Å²) in [5.41, 5.74) is 0. The topological polar surface area (TPSA) is 58.2 Å². The van der Waals surface area contributed by atoms with E-state index >= 15 is 0 Å². The van der Waals surface area contributed by atoms with Gasteiger partial charge in [0.25, 0.3) is 0 Å². The molecule has 2 amide bonds. The number of unbranched alkanes of at least 4 members (excludes halogenated alkanes) is 18. The highest BCUT2D eigenvalue weighted by atomic mass is 16.2. The summed E-state index contributed by atoms with van der Waals surface area (Å²) in [5, 5.41) is 6.01. The minimum atomic E-state index is 0.170. The van der Waals surface area contributed by atoms with Gasteiger partial charge in [0, 0.05) is 25.9 Å². The van der Waals surface area contributed by atoms with Crippen molar-refractivity contribution in [2.24, 2.45) is 0 Å². The van der Waals surface area contributed by atoms with Crippen molar-refractivity contribution in [3.63, 3.8) is 0 Å². The number of amides is 2. The average molecular weight is 467 g/mol. The highest BCUT2D eigenvalue weighted by Gasteiger charge is 2.02. The van der Waals surface area contributed by atoms with Crippen molar-refractivity contribution in [1.82, 2.24) is 10.6 Å². The number of carbonyl (C=O) groups is 2. The highest BCUT2D eigenvalue weighted by Crippen LogP contribution is 2.13. The molecular formula is C29H58N2O2. The zero-order valence-electron chi connectivity index (χ0n) is 22.5. The summed E-state index contributed by atoms with van der Waals surface area (Å²) in [7, 11) is 0. The zero-order chi connectivity index (χ0) is 24.2. The predicted octanol–water partition coefficient (Wildman–Crippen LogP) is 8.23. The van der Waals surface area contributed by atoms with Crippen LogP contribution in [0.3, 0.4) is 0 Å². The van der Waals surface area contributed by atoms with Crippen LogP contribution in [0.25, 0.3) is 0 Å². The van der Waals surface area contributed by atoms with Gasteiger partial charge in [-0.2, -0.15) is 0 Å². The Morgan fingerprint density at radius 1 is 0.394 bits per heavy atom. The molecule has 0 unspecified atom stereocenters. The third-order valence-electron chi connectivity index (χ3n) is 6.51. The molecule has 0 aliphatic carbocycles. The van der Waals surface area contributed by atoms with Crippen LogP contribution in [0.5, 0.6) is 0 Å². The summed E-state index contributed by atoms with van der Waals surface area (Å²) < 4.78 is 0. The molecule has 0 bridgehead atoms. The maximum atomic E-state index is 11.9. The Hall–Kier alpha value is -1.06. The lowest BCUT2D eigenvalue weighted by atomic mass is 10.0. The van der Waals surface area contributed by atoms with Crippen molar-refractivity contribution in [2.75, 3.05) is 13.1 Å². The first kappa shape index (κ1) is 31.9. The van der Waals surface area contributed by atoms with Gasteiger partial charge in [0.15, 0.2) is 0 Å². The highest BCUT2D eigenvalue weighted by molar-refractivity contribution is 5.76. The maximum Gasteiger partial charge on any atom is 0.219 e. The summed E-state index contributed by atoms with van der Waals surface area (Å²) in [6.45, 7) is 6.00. The molecule has 0 rings (SSSR count). The third-order valence-corrected chi connectivity index (χ3v) is 6.51. The van der Waals surface area contributed by atoms with E-state index in [1.165, 1.54) is 103 Å². The molecule has 0 heterocycles. The SMILES string of the molecule is CCCCCCCCCCCCCCCCCC(=O)NCCCCCC(=O)NCCCCC. The Kier molecular flexibility index (Phi) is 26.3. The lowest BCUT2D eigenvalue weighted by Gasteiger charge is -2.06. The van der Waals surface area contributed by atoms with Gasteiger partial charge in [0.2, 0.25) is 11.8 Å². The van der Waals surface area contributed by atoms with E-state index in [1.807, 2.05) is 0 Å². The van der Waals surface area contributed by atoms with Gasteiger partial charge in [0.1, 0.15) is 0 Å². The lowest BCUT2D eigenvalue weighted by Crippen LogP contribution is -2.25. The molecule has 0 saturated heterocycles. The van der Waals surface area contributed by atoms with Gasteiger partial charge >= 0.3 is 0 Å². The molecule has 0 radical (unpaired) electrons. The quantitative estimate of drug-likeness (QED) is 0.126. The van der Waals surface area contributed by atoms with E-state index in [1.54, 1.807) is 0 Å². The number of hydrogen-bond acceptors (Lipinski definition) is 2. The molecule has 33 heavy (non-hydrogen) atoms. The third kappa shape index (κ3) is 27.1. The van der Waals surface area contributed by atoms with Crippen LogP contribution in [0.4, 0.5) is 0 Å². The molecule has 0 fully saturated rings. The predicted molar refractivity (Wildman–Crippen MR) is 144 cm³/mol. The van der Waals surface area contributed by atoms with Crippen molar-refractivity contribution in [3.8, 4) is 0 Å². The van der Waals surface area contributed by atoms with Gasteiger partial charge in [-0.05, 0) is 25.7 Å². The molecule has 0 aliphatic rings. The van der Waals surface area contributed by atoms with Crippen LogP contribution >= 0.6 is 0 Å². The summed E-state index contributed by atoms with van der Waals surface area (Å²) in [6, 6.07) is 0. The van der Waals surface area contributed by atoms with Crippen LogP contribution in [0.15, 0.2) is 0 Å². The van der Waals surface area contributed by atoms with Crippen molar-refractivity contribution in [1.29, 1.82) is 0 Å². The van der Waals surface area contributed by atoms with E-state index in [0.717, 1.165) is 45.2 Å². The number of rotatable bonds is 26. The van der Waals surface area contributed by atoms with Crippen molar-refractivity contribution >= 4 is 11.8 Å². The standard InChI is InChI=1S/C29H58N2O2/c1-3-5-7-8-9-10-11-12-13-14-15-16-17-18-20-24-28(32)31-27-23-19-21-25-29(33)30-26-22-6-4-2/h3-27H2,1-2H3,(H,30,33)(H,31,32). The lowest BCUT2D eigenvalue weighted by molar-refractivity contribution is -0.122. The van der Waals surface area contributed by atoms with Gasteiger partial charge in [-0.25, -0.2) is 0 Å². The maximum absolute atomic E-state index is 11.9. The summed E-state index contributed by atoms with van der Waals surface area (Å²) >= 11 is 0. The Morgan fingerprint density at radius 3 is 1.06 bits per heavy atom. The van der Waals surface area contributed by atoms with Crippen LogP contribution in [0, 0.1) is 0 Å². The largest absolute Gasteiger partial charge is 0.356 e. The molecule has 0 saturated carbocycles. The van der Waals surface area contributed by atoms with Crippen molar-refractivity contribution < 1.29 is 9.59 Å². The van der Waals surface area contributed by atoms with E-state index in [4.69, 9.17) is 0 Å². The molecule has 4 nitrogen and oxygen atoms in total. The van der Waals surface area contributed by atoms with Gasteiger partial charge in [-0.1, -0.05) is 123 Å². The van der Waals surface area contributed by atoms with Crippen LogP contribution in [0.1, 0.15) is 162 Å². The molecule has 196 valence electrons. The van der Waals surface area contributed by atoms with E-state index in [-0.39, 0.29) is 11.8 Å². The van der Waals surface area contributed by atoms with E-state index in [0.29, 0.717) is 12.8 Å². The first-order chi connectivity index (χ1) is 16.2. The van der Waals surface area contributed by atoms with Crippen LogP contribution in [-0.4, -0.2) is 24.9 Å². The number of nitrogens with one attached hydrogen (secondary N) is 2. The Bertz CT molecular complexity index is 426. The Balaban J connectivity index is 3.22. The van der Waals surface area contributed by atoms with E-state index in [2.05, 4.69) is 24.5 Å². The first-order valence-electron chi connectivity index (χ1n) is 14.7. The van der Waals surface area contributed by atoms with Crippen molar-refractivity contribution in [3.05, 3.63) is 0 Å². The molecule has 4 heteroatoms.